The van der Waals surface area contributed by atoms with E-state index in [1.54, 1.807) is 6.07 Å². The molecule has 1 aliphatic rings. The number of rotatable bonds is 7. The predicted molar refractivity (Wildman–Crippen MR) is 117 cm³/mol. The van der Waals surface area contributed by atoms with E-state index in [2.05, 4.69) is 34.4 Å². The van der Waals surface area contributed by atoms with Crippen molar-refractivity contribution in [2.24, 2.45) is 0 Å². The minimum absolute atomic E-state index is 0.0284. The van der Waals surface area contributed by atoms with Gasteiger partial charge in [0.25, 0.3) is 0 Å². The molecule has 2 atom stereocenters. The molecular weight excluding hydrogens is 407 g/mol. The summed E-state index contributed by atoms with van der Waals surface area (Å²) >= 11 is 5.91. The van der Waals surface area contributed by atoms with Crippen molar-refractivity contribution in [2.45, 2.75) is 38.8 Å². The second-order valence-electron chi connectivity index (χ2n) is 7.40. The molecule has 0 spiro atoms. The number of anilines is 3. The van der Waals surface area contributed by atoms with Gasteiger partial charge in [-0.1, -0.05) is 18.5 Å². The SMILES string of the molecule is CCC(C)Nc1cc2c(Nc3ccc(F)c(Cl)c3)ncnc2cc1O[C@H]1CCOC1. The average molecular weight is 431 g/mol. The molecule has 3 aromatic rings. The first-order valence-corrected chi connectivity index (χ1v) is 10.4. The summed E-state index contributed by atoms with van der Waals surface area (Å²) in [7, 11) is 0. The quantitative estimate of drug-likeness (QED) is 0.512. The summed E-state index contributed by atoms with van der Waals surface area (Å²) in [5.74, 6) is 0.880. The molecule has 1 aliphatic heterocycles. The van der Waals surface area contributed by atoms with Crippen LogP contribution in [0.25, 0.3) is 10.9 Å². The molecule has 1 unspecified atom stereocenters. The standard InChI is InChI=1S/C22H24ClFN4O2/c1-3-13(2)27-20-9-16-19(10-21(20)30-15-6-7-29-11-15)25-12-26-22(16)28-14-4-5-18(24)17(23)8-14/h4-5,8-10,12-13,15,27H,3,6-7,11H2,1-2H3,(H,25,26,28)/t13?,15-/m0/s1. The van der Waals surface area contributed by atoms with E-state index in [9.17, 15) is 4.39 Å². The molecule has 1 fully saturated rings. The highest BCUT2D eigenvalue weighted by Gasteiger charge is 2.20. The van der Waals surface area contributed by atoms with Crippen molar-refractivity contribution in [3.63, 3.8) is 0 Å². The molecule has 2 N–H and O–H groups in total. The highest BCUT2D eigenvalue weighted by molar-refractivity contribution is 6.31. The van der Waals surface area contributed by atoms with E-state index in [-0.39, 0.29) is 17.2 Å². The second kappa shape index (κ2) is 9.02. The molecule has 8 heteroatoms. The first kappa shape index (κ1) is 20.6. The Kier molecular flexibility index (Phi) is 6.20. The van der Waals surface area contributed by atoms with Crippen LogP contribution < -0.4 is 15.4 Å². The summed E-state index contributed by atoms with van der Waals surface area (Å²) in [5, 5.41) is 7.59. The summed E-state index contributed by atoms with van der Waals surface area (Å²) in [5.41, 5.74) is 2.25. The topological polar surface area (TPSA) is 68.3 Å². The lowest BCUT2D eigenvalue weighted by atomic mass is 10.1. The van der Waals surface area contributed by atoms with Crippen molar-refractivity contribution in [3.05, 3.63) is 47.5 Å². The minimum Gasteiger partial charge on any atom is -0.486 e. The Morgan fingerprint density at radius 2 is 2.17 bits per heavy atom. The van der Waals surface area contributed by atoms with Crippen LogP contribution in [0.3, 0.4) is 0 Å². The molecule has 0 bridgehead atoms. The van der Waals surface area contributed by atoms with Gasteiger partial charge in [0.05, 0.1) is 29.4 Å². The average Bonchev–Trinajstić information content (AvgIpc) is 3.24. The van der Waals surface area contributed by atoms with Crippen LogP contribution in [-0.4, -0.2) is 35.3 Å². The van der Waals surface area contributed by atoms with Crippen LogP contribution in [0.1, 0.15) is 26.7 Å². The third kappa shape index (κ3) is 4.57. The van der Waals surface area contributed by atoms with Crippen LogP contribution in [0.5, 0.6) is 5.75 Å². The Bertz CT molecular complexity index is 1040. The summed E-state index contributed by atoms with van der Waals surface area (Å²) in [6.07, 6.45) is 3.35. The van der Waals surface area contributed by atoms with Gasteiger partial charge in [0, 0.05) is 29.6 Å². The number of hydrogen-bond acceptors (Lipinski definition) is 6. The van der Waals surface area contributed by atoms with E-state index in [1.165, 1.54) is 18.5 Å². The lowest BCUT2D eigenvalue weighted by molar-refractivity contribution is 0.142. The number of ether oxygens (including phenoxy) is 2. The zero-order valence-electron chi connectivity index (χ0n) is 16.9. The summed E-state index contributed by atoms with van der Waals surface area (Å²) < 4.78 is 25.2. The van der Waals surface area contributed by atoms with Gasteiger partial charge in [0.1, 0.15) is 29.8 Å². The van der Waals surface area contributed by atoms with Gasteiger partial charge >= 0.3 is 0 Å². The fourth-order valence-electron chi connectivity index (χ4n) is 3.26. The van der Waals surface area contributed by atoms with E-state index < -0.39 is 5.82 Å². The zero-order chi connectivity index (χ0) is 21.1. The Balaban J connectivity index is 1.72. The van der Waals surface area contributed by atoms with Crippen LogP contribution in [0.2, 0.25) is 5.02 Å². The number of hydrogen-bond donors (Lipinski definition) is 2. The second-order valence-corrected chi connectivity index (χ2v) is 7.81. The molecule has 2 heterocycles. The number of nitrogens with zero attached hydrogens (tertiary/aromatic N) is 2. The smallest absolute Gasteiger partial charge is 0.145 e. The van der Waals surface area contributed by atoms with Crippen LogP contribution in [0.15, 0.2) is 36.7 Å². The fourth-order valence-corrected chi connectivity index (χ4v) is 3.44. The Morgan fingerprint density at radius 3 is 2.90 bits per heavy atom. The summed E-state index contributed by atoms with van der Waals surface area (Å²) in [6, 6.07) is 8.63. The number of nitrogens with one attached hydrogen (secondary N) is 2. The third-order valence-corrected chi connectivity index (χ3v) is 5.40. The maximum atomic E-state index is 13.5. The van der Waals surface area contributed by atoms with Gasteiger partial charge in [0.15, 0.2) is 0 Å². The molecule has 158 valence electrons. The van der Waals surface area contributed by atoms with Gasteiger partial charge in [-0.05, 0) is 37.6 Å². The van der Waals surface area contributed by atoms with Gasteiger partial charge in [-0.2, -0.15) is 0 Å². The largest absolute Gasteiger partial charge is 0.486 e. The summed E-state index contributed by atoms with van der Waals surface area (Å²) in [4.78, 5) is 8.79. The molecule has 0 radical (unpaired) electrons. The lowest BCUT2D eigenvalue weighted by Gasteiger charge is -2.21. The maximum Gasteiger partial charge on any atom is 0.145 e. The van der Waals surface area contributed by atoms with Crippen molar-refractivity contribution >= 4 is 39.7 Å². The Labute approximate surface area is 179 Å². The number of halogens is 2. The van der Waals surface area contributed by atoms with Crippen molar-refractivity contribution in [1.82, 2.24) is 9.97 Å². The highest BCUT2D eigenvalue weighted by atomic mass is 35.5. The molecule has 0 aliphatic carbocycles. The third-order valence-electron chi connectivity index (χ3n) is 5.11. The molecular formula is C22H24ClFN4O2. The molecule has 1 aromatic heterocycles. The van der Waals surface area contributed by atoms with Crippen molar-refractivity contribution in [2.75, 3.05) is 23.8 Å². The normalized spacial score (nSPS) is 17.1. The van der Waals surface area contributed by atoms with Gasteiger partial charge in [-0.25, -0.2) is 14.4 Å². The monoisotopic (exact) mass is 430 g/mol. The van der Waals surface area contributed by atoms with Gasteiger partial charge in [0.2, 0.25) is 0 Å². The van der Waals surface area contributed by atoms with Gasteiger partial charge < -0.3 is 20.1 Å². The van der Waals surface area contributed by atoms with Crippen LogP contribution in [0, 0.1) is 5.82 Å². The first-order valence-electron chi connectivity index (χ1n) is 10.0. The molecule has 2 aromatic carbocycles. The minimum atomic E-state index is -0.465. The van der Waals surface area contributed by atoms with Crippen LogP contribution >= 0.6 is 11.6 Å². The Morgan fingerprint density at radius 1 is 1.30 bits per heavy atom. The van der Waals surface area contributed by atoms with E-state index in [1.807, 2.05) is 12.1 Å². The molecule has 1 saturated heterocycles. The first-order chi connectivity index (χ1) is 14.5. The van der Waals surface area contributed by atoms with E-state index in [0.29, 0.717) is 24.7 Å². The number of benzene rings is 2. The summed E-state index contributed by atoms with van der Waals surface area (Å²) in [6.45, 7) is 5.54. The maximum absolute atomic E-state index is 13.5. The number of aromatic nitrogens is 2. The molecule has 0 amide bonds. The van der Waals surface area contributed by atoms with E-state index in [0.717, 1.165) is 35.2 Å². The van der Waals surface area contributed by atoms with Crippen LogP contribution in [0.4, 0.5) is 21.6 Å². The molecule has 6 nitrogen and oxygen atoms in total. The van der Waals surface area contributed by atoms with Gasteiger partial charge in [-0.3, -0.25) is 0 Å². The Hall–Kier alpha value is -2.64. The fraction of sp³-hybridized carbons (Fsp3) is 0.364. The van der Waals surface area contributed by atoms with Crippen molar-refractivity contribution in [1.29, 1.82) is 0 Å². The lowest BCUT2D eigenvalue weighted by Crippen LogP contribution is -2.19. The molecule has 4 rings (SSSR count). The molecule has 0 saturated carbocycles. The number of fused-ring (bicyclic) bond motifs is 1. The highest BCUT2D eigenvalue weighted by Crippen LogP contribution is 2.35. The zero-order valence-corrected chi connectivity index (χ0v) is 17.7. The van der Waals surface area contributed by atoms with Crippen LogP contribution in [-0.2, 0) is 4.74 Å². The predicted octanol–water partition coefficient (Wildman–Crippen LogP) is 5.54. The van der Waals surface area contributed by atoms with Crippen molar-refractivity contribution in [3.8, 4) is 5.75 Å². The van der Waals surface area contributed by atoms with Gasteiger partial charge in [-0.15, -0.1) is 0 Å². The van der Waals surface area contributed by atoms with Crippen molar-refractivity contribution < 1.29 is 13.9 Å². The van der Waals surface area contributed by atoms with E-state index >= 15 is 0 Å². The molecule has 30 heavy (non-hydrogen) atoms. The van der Waals surface area contributed by atoms with E-state index in [4.69, 9.17) is 21.1 Å².